The molecule has 3 aliphatic heterocycles. The van der Waals surface area contributed by atoms with E-state index >= 15 is 0 Å². The standard InChI is InChI=1S/C26H49O19P.3C2H6/c27-6-2-1-3-8-39-23-19(33)16(30)15(29)13(42-23)11-40-24-20(34)18(32)22(36)26(44-24)45-25-21(35)17(31)14(28)12(43-25)10-38-7-4-5-9-41-46-37;3*1-2/h12-37,46H,1-11H2;3*1-2H3/p+1. The van der Waals surface area contributed by atoms with Crippen LogP contribution in [0.15, 0.2) is 0 Å². The predicted molar refractivity (Wildman–Crippen MR) is 186 cm³/mol. The van der Waals surface area contributed by atoms with E-state index in [0.717, 1.165) is 0 Å². The van der Waals surface area contributed by atoms with E-state index < -0.39 is 108 Å². The van der Waals surface area contributed by atoms with Crippen molar-refractivity contribution >= 4 is 9.03 Å². The summed E-state index contributed by atoms with van der Waals surface area (Å²) in [6.07, 6.45) is -21.6. The van der Waals surface area contributed by atoms with Crippen LogP contribution < -0.4 is 0 Å². The Morgan fingerprint density at radius 3 is 1.48 bits per heavy atom. The first kappa shape index (κ1) is 51.7. The Labute approximate surface area is 308 Å². The number of aliphatic hydroxyl groups excluding tert-OH is 9. The number of hydrogen-bond acceptors (Lipinski definition) is 18. The molecular formula is C32H68O19P+. The fourth-order valence-corrected chi connectivity index (χ4v) is 5.21. The molecule has 0 spiro atoms. The summed E-state index contributed by atoms with van der Waals surface area (Å²) in [5.41, 5.74) is 0. The van der Waals surface area contributed by atoms with Gasteiger partial charge < -0.3 is 93.6 Å². The zero-order valence-electron chi connectivity index (χ0n) is 31.2. The number of rotatable bonds is 19. The summed E-state index contributed by atoms with van der Waals surface area (Å²) < 4.78 is 43.4. The normalized spacial score (nSPS) is 37.7. The molecule has 0 aromatic carbocycles. The van der Waals surface area contributed by atoms with Gasteiger partial charge in [0.05, 0.1) is 19.8 Å². The van der Waals surface area contributed by atoms with Gasteiger partial charge >= 0.3 is 0 Å². The number of ether oxygens (including phenoxy) is 7. The molecule has 0 amide bonds. The quantitative estimate of drug-likeness (QED) is 0.0374. The minimum atomic E-state index is -1.90. The highest BCUT2D eigenvalue weighted by Crippen LogP contribution is 2.30. The van der Waals surface area contributed by atoms with Crippen LogP contribution in [0.4, 0.5) is 0 Å². The molecule has 52 heavy (non-hydrogen) atoms. The third kappa shape index (κ3) is 16.4. The van der Waals surface area contributed by atoms with Crippen molar-refractivity contribution in [3.8, 4) is 0 Å². The minimum absolute atomic E-state index is 0.153. The first-order valence-electron chi connectivity index (χ1n) is 18.2. The van der Waals surface area contributed by atoms with Gasteiger partial charge in [-0.1, -0.05) is 41.5 Å². The van der Waals surface area contributed by atoms with Crippen LogP contribution in [0.25, 0.3) is 0 Å². The number of aliphatic hydroxyl groups is 9. The SMILES string of the molecule is CC.CC.CC.OPOCCCCOCC1OC(OC2OC(OCC3OC(OCCCCC[OH2+])C(O)C(O)C3O)C(O)C(O)C2O)C(O)C(O)C1O. The highest BCUT2D eigenvalue weighted by Gasteiger charge is 2.51. The predicted octanol–water partition coefficient (Wildman–Crippen LogP) is -2.30. The molecule has 16 unspecified atom stereocenters. The fraction of sp³-hybridized carbons (Fsp3) is 1.00. The monoisotopic (exact) mass is 787 g/mol. The maximum atomic E-state index is 10.5. The molecular weight excluding hydrogens is 719 g/mol. The number of hydrogen-bond donors (Lipinski definition) is 10. The van der Waals surface area contributed by atoms with E-state index in [1.165, 1.54) is 0 Å². The molecule has 0 bridgehead atoms. The zero-order valence-corrected chi connectivity index (χ0v) is 32.2. The summed E-state index contributed by atoms with van der Waals surface area (Å²) in [6.45, 7) is 12.2. The van der Waals surface area contributed by atoms with Crippen molar-refractivity contribution in [2.24, 2.45) is 0 Å². The van der Waals surface area contributed by atoms with Crippen molar-refractivity contribution in [2.75, 3.05) is 39.6 Å². The zero-order chi connectivity index (χ0) is 39.8. The molecule has 0 aromatic heterocycles. The smallest absolute Gasteiger partial charge is 0.192 e. The average Bonchev–Trinajstić information content (AvgIpc) is 3.17. The van der Waals surface area contributed by atoms with E-state index in [0.29, 0.717) is 38.7 Å². The average molecular weight is 788 g/mol. The topological polar surface area (TPSA) is 299 Å². The molecule has 12 N–H and O–H groups in total. The molecule has 3 fully saturated rings. The molecule has 19 nitrogen and oxygen atoms in total. The summed E-state index contributed by atoms with van der Waals surface area (Å²) in [6, 6.07) is 0. The van der Waals surface area contributed by atoms with Gasteiger partial charge in [0.2, 0.25) is 0 Å². The van der Waals surface area contributed by atoms with Crippen molar-refractivity contribution in [1.29, 1.82) is 0 Å². The molecule has 0 aromatic rings. The fourth-order valence-electron chi connectivity index (χ4n) is 4.97. The molecule has 20 heteroatoms. The Bertz CT molecular complexity index is 839. The van der Waals surface area contributed by atoms with Gasteiger partial charge in [0.1, 0.15) is 73.8 Å². The molecule has 3 saturated heterocycles. The molecule has 3 aliphatic rings. The van der Waals surface area contributed by atoms with Gasteiger partial charge in [-0.2, -0.15) is 0 Å². The molecule has 314 valence electrons. The first-order valence-corrected chi connectivity index (χ1v) is 19.1. The summed E-state index contributed by atoms with van der Waals surface area (Å²) in [5.74, 6) is 0. The van der Waals surface area contributed by atoms with E-state index in [4.69, 9.17) is 47.7 Å². The van der Waals surface area contributed by atoms with Crippen molar-refractivity contribution in [2.45, 2.75) is 166 Å². The van der Waals surface area contributed by atoms with Crippen LogP contribution >= 0.6 is 9.03 Å². The van der Waals surface area contributed by atoms with Crippen molar-refractivity contribution in [3.63, 3.8) is 0 Å². The van der Waals surface area contributed by atoms with Crippen LogP contribution in [-0.2, 0) is 37.7 Å². The van der Waals surface area contributed by atoms with E-state index in [1.54, 1.807) is 0 Å². The van der Waals surface area contributed by atoms with E-state index in [2.05, 4.69) is 0 Å². The number of unbranched alkanes of at least 4 members (excludes halogenated alkanes) is 3. The third-order valence-electron chi connectivity index (χ3n) is 7.79. The Morgan fingerprint density at radius 2 is 0.923 bits per heavy atom. The van der Waals surface area contributed by atoms with Crippen molar-refractivity contribution < 1.29 is 93.6 Å². The van der Waals surface area contributed by atoms with E-state index in [-0.39, 0.29) is 26.4 Å². The van der Waals surface area contributed by atoms with Gasteiger partial charge in [-0.25, -0.2) is 0 Å². The maximum absolute atomic E-state index is 10.5. The van der Waals surface area contributed by atoms with Crippen LogP contribution in [0.5, 0.6) is 0 Å². The molecule has 3 heterocycles. The Kier molecular flexibility index (Phi) is 29.7. The van der Waals surface area contributed by atoms with Crippen molar-refractivity contribution in [1.82, 2.24) is 0 Å². The summed E-state index contributed by atoms with van der Waals surface area (Å²) >= 11 is 0. The molecule has 3 rings (SSSR count). The maximum Gasteiger partial charge on any atom is 0.192 e. The lowest BCUT2D eigenvalue weighted by Crippen LogP contribution is -2.64. The van der Waals surface area contributed by atoms with Crippen molar-refractivity contribution in [3.05, 3.63) is 0 Å². The van der Waals surface area contributed by atoms with Crippen LogP contribution in [0.1, 0.15) is 73.6 Å². The van der Waals surface area contributed by atoms with Gasteiger partial charge in [-0.3, -0.25) is 0 Å². The molecule has 0 aliphatic carbocycles. The summed E-state index contributed by atoms with van der Waals surface area (Å²) in [7, 11) is -0.614. The van der Waals surface area contributed by atoms with Gasteiger partial charge in [0, 0.05) is 19.6 Å². The minimum Gasteiger partial charge on any atom is -0.445 e. The summed E-state index contributed by atoms with van der Waals surface area (Å²) in [5, 5.41) is 101. The second kappa shape index (κ2) is 29.9. The lowest BCUT2D eigenvalue weighted by atomic mass is 9.99. The van der Waals surface area contributed by atoms with Gasteiger partial charge in [0.15, 0.2) is 34.2 Å². The van der Waals surface area contributed by atoms with Crippen LogP contribution in [0.3, 0.4) is 0 Å². The third-order valence-corrected chi connectivity index (χ3v) is 8.12. The summed E-state index contributed by atoms with van der Waals surface area (Å²) in [4.78, 5) is 8.65. The molecule has 16 atom stereocenters. The van der Waals surface area contributed by atoms with Gasteiger partial charge in [0.25, 0.3) is 0 Å². The van der Waals surface area contributed by atoms with Crippen LogP contribution in [0.2, 0.25) is 0 Å². The van der Waals surface area contributed by atoms with E-state index in [9.17, 15) is 46.0 Å². The second-order valence-corrected chi connectivity index (χ2v) is 11.7. The highest BCUT2D eigenvalue weighted by molar-refractivity contribution is 7.24. The molecule has 0 radical (unpaired) electrons. The van der Waals surface area contributed by atoms with Crippen LogP contribution in [-0.4, -0.2) is 188 Å². The Balaban J connectivity index is 0.00000411. The first-order chi connectivity index (χ1) is 25.0. The highest BCUT2D eigenvalue weighted by atomic mass is 31.1. The largest absolute Gasteiger partial charge is 0.445 e. The lowest BCUT2D eigenvalue weighted by Gasteiger charge is -2.45. The van der Waals surface area contributed by atoms with Gasteiger partial charge in [-0.15, -0.1) is 0 Å². The van der Waals surface area contributed by atoms with Crippen LogP contribution in [0, 0.1) is 0 Å². The Hall–Kier alpha value is -0.330. The molecule has 0 saturated carbocycles. The lowest BCUT2D eigenvalue weighted by molar-refractivity contribution is -0.402. The van der Waals surface area contributed by atoms with Gasteiger partial charge in [-0.05, 0) is 25.7 Å². The van der Waals surface area contributed by atoms with E-state index in [1.807, 2.05) is 41.5 Å². The Morgan fingerprint density at radius 1 is 0.481 bits per heavy atom. The second-order valence-electron chi connectivity index (χ2n) is 11.2.